The van der Waals surface area contributed by atoms with Crippen molar-refractivity contribution in [1.82, 2.24) is 9.88 Å². The number of piperidine rings is 1. The molecule has 1 aromatic heterocycles. The maximum absolute atomic E-state index is 13.6. The summed E-state index contributed by atoms with van der Waals surface area (Å²) in [4.78, 5) is 33.6. The summed E-state index contributed by atoms with van der Waals surface area (Å²) in [6.45, 7) is 2.04. The largest absolute Gasteiger partial charge is 0.497 e. The molecule has 11 heteroatoms. The summed E-state index contributed by atoms with van der Waals surface area (Å²) in [7, 11) is 9.22. The molecule has 4 aliphatic rings. The third kappa shape index (κ3) is 5.44. The van der Waals surface area contributed by atoms with E-state index >= 15 is 0 Å². The van der Waals surface area contributed by atoms with Crippen LogP contribution in [-0.2, 0) is 25.4 Å². The number of aromatic amines is 1. The SMILES string of the molecule is COC(=O)[C@H]1C2C[C@H]3C[C@@H]4c5[nH]c6cc(OC)ccc6c5CCN4C[C@H]3CC2C[C@@H](OC(=O)c2cc(OC)c(OC)c(OC)c2)[C@@H]1OC. The van der Waals surface area contributed by atoms with Crippen LogP contribution in [0, 0.1) is 29.6 Å². The molecule has 3 aromatic rings. The van der Waals surface area contributed by atoms with Crippen molar-refractivity contribution < 1.29 is 42.7 Å². The van der Waals surface area contributed by atoms with E-state index in [1.807, 2.05) is 6.07 Å². The second kappa shape index (κ2) is 13.2. The Morgan fingerprint density at radius 2 is 1.60 bits per heavy atom. The standard InChI is InChI=1S/C37H46N2O9/c1-42-23-7-8-24-25-9-10-39-18-22-11-20-14-31(48-36(40)21-15-29(43-2)34(45-4)30(16-21)44-3)35(46-5)32(37(41)47-6)26(20)12-19(22)13-28(39)33(25)38-27(24)17-23/h7-8,15-17,19-20,22,26,28,31-32,35,38H,9-14,18H2,1-6H3/t19-,20?,22+,26?,28+,31+,32-,35-/m0/s1. The first-order valence-electron chi connectivity index (χ1n) is 16.9. The van der Waals surface area contributed by atoms with Crippen LogP contribution in [0.2, 0.25) is 0 Å². The van der Waals surface area contributed by atoms with Crippen LogP contribution in [0.25, 0.3) is 10.9 Å². The van der Waals surface area contributed by atoms with Gasteiger partial charge in [0.1, 0.15) is 18.0 Å². The Morgan fingerprint density at radius 1 is 0.833 bits per heavy atom. The fraction of sp³-hybridized carbons (Fsp3) is 0.568. The van der Waals surface area contributed by atoms with Crippen molar-refractivity contribution in [3.63, 3.8) is 0 Å². The molecule has 48 heavy (non-hydrogen) atoms. The molecule has 1 N–H and O–H groups in total. The third-order valence-electron chi connectivity index (χ3n) is 11.6. The highest BCUT2D eigenvalue weighted by atomic mass is 16.6. The van der Waals surface area contributed by atoms with Crippen LogP contribution >= 0.6 is 0 Å². The minimum atomic E-state index is -0.633. The van der Waals surface area contributed by atoms with Crippen LogP contribution in [0.15, 0.2) is 30.3 Å². The smallest absolute Gasteiger partial charge is 0.338 e. The number of esters is 2. The van der Waals surface area contributed by atoms with E-state index in [9.17, 15) is 9.59 Å². The summed E-state index contributed by atoms with van der Waals surface area (Å²) in [5.74, 6) is 1.77. The summed E-state index contributed by atoms with van der Waals surface area (Å²) in [5, 5.41) is 1.28. The molecule has 0 bridgehead atoms. The number of H-pyrrole nitrogens is 1. The average molecular weight is 663 g/mol. The zero-order valence-corrected chi connectivity index (χ0v) is 28.6. The molecule has 1 saturated heterocycles. The number of aromatic nitrogens is 1. The molecule has 2 aliphatic heterocycles. The topological polar surface area (TPSA) is 118 Å². The van der Waals surface area contributed by atoms with Crippen LogP contribution in [0.4, 0.5) is 0 Å². The number of ether oxygens (including phenoxy) is 7. The Labute approximate surface area is 281 Å². The summed E-state index contributed by atoms with van der Waals surface area (Å²) in [5.41, 5.74) is 4.13. The van der Waals surface area contributed by atoms with Crippen molar-refractivity contribution in [2.45, 2.75) is 50.4 Å². The average Bonchev–Trinajstić information content (AvgIpc) is 3.49. The number of rotatable bonds is 8. The number of fused-ring (bicyclic) bond motifs is 7. The summed E-state index contributed by atoms with van der Waals surface area (Å²) in [6.07, 6.45) is 3.30. The summed E-state index contributed by atoms with van der Waals surface area (Å²) in [6, 6.07) is 9.77. The molecule has 8 atom stereocenters. The number of methoxy groups -OCH3 is 6. The first kappa shape index (κ1) is 32.6. The van der Waals surface area contributed by atoms with Gasteiger partial charge in [0.15, 0.2) is 11.5 Å². The molecule has 0 radical (unpaired) electrons. The van der Waals surface area contributed by atoms with Gasteiger partial charge in [-0.3, -0.25) is 9.69 Å². The van der Waals surface area contributed by atoms with Gasteiger partial charge in [0.2, 0.25) is 5.75 Å². The van der Waals surface area contributed by atoms with Crippen molar-refractivity contribution in [3.8, 4) is 23.0 Å². The number of benzene rings is 2. The molecule has 3 heterocycles. The van der Waals surface area contributed by atoms with Gasteiger partial charge < -0.3 is 38.1 Å². The normalized spacial score (nSPS) is 29.5. The number of nitrogens with zero attached hydrogens (tertiary/aromatic N) is 1. The number of carbonyl (C=O) groups is 2. The lowest BCUT2D eigenvalue weighted by Gasteiger charge is -2.55. The highest BCUT2D eigenvalue weighted by molar-refractivity contribution is 5.91. The minimum Gasteiger partial charge on any atom is -0.497 e. The highest BCUT2D eigenvalue weighted by Crippen LogP contribution is 2.55. The molecule has 7 rings (SSSR count). The van der Waals surface area contributed by atoms with E-state index < -0.39 is 24.1 Å². The van der Waals surface area contributed by atoms with Gasteiger partial charge in [-0.1, -0.05) is 0 Å². The zero-order valence-electron chi connectivity index (χ0n) is 28.6. The van der Waals surface area contributed by atoms with E-state index in [-0.39, 0.29) is 23.4 Å². The van der Waals surface area contributed by atoms with E-state index in [2.05, 4.69) is 22.0 Å². The van der Waals surface area contributed by atoms with Crippen molar-refractivity contribution >= 4 is 22.8 Å². The van der Waals surface area contributed by atoms with E-state index in [4.69, 9.17) is 33.2 Å². The lowest BCUT2D eigenvalue weighted by molar-refractivity contribution is -0.177. The second-order valence-corrected chi connectivity index (χ2v) is 13.7. The highest BCUT2D eigenvalue weighted by Gasteiger charge is 2.55. The van der Waals surface area contributed by atoms with E-state index in [1.165, 1.54) is 45.1 Å². The quantitative estimate of drug-likeness (QED) is 0.323. The zero-order chi connectivity index (χ0) is 33.7. The fourth-order valence-electron chi connectivity index (χ4n) is 9.49. The molecule has 3 fully saturated rings. The van der Waals surface area contributed by atoms with E-state index in [1.54, 1.807) is 26.4 Å². The van der Waals surface area contributed by atoms with Crippen molar-refractivity contribution in [3.05, 3.63) is 47.2 Å². The van der Waals surface area contributed by atoms with E-state index in [0.29, 0.717) is 41.5 Å². The predicted molar refractivity (Wildman–Crippen MR) is 177 cm³/mol. The van der Waals surface area contributed by atoms with Gasteiger partial charge in [-0.15, -0.1) is 0 Å². The van der Waals surface area contributed by atoms with Gasteiger partial charge in [0.25, 0.3) is 0 Å². The molecule has 2 aliphatic carbocycles. The first-order chi connectivity index (χ1) is 23.3. The Bertz CT molecular complexity index is 1660. The van der Waals surface area contributed by atoms with Crippen molar-refractivity contribution in [1.29, 1.82) is 0 Å². The Balaban J connectivity index is 1.14. The number of carbonyl (C=O) groups excluding carboxylic acids is 2. The van der Waals surface area contributed by atoms with Crippen molar-refractivity contribution in [2.75, 3.05) is 55.7 Å². The van der Waals surface area contributed by atoms with Crippen LogP contribution in [-0.4, -0.2) is 89.8 Å². The maximum Gasteiger partial charge on any atom is 0.338 e. The Kier molecular flexibility index (Phi) is 8.93. The summed E-state index contributed by atoms with van der Waals surface area (Å²) >= 11 is 0. The first-order valence-corrected chi connectivity index (χ1v) is 16.9. The van der Waals surface area contributed by atoms with E-state index in [0.717, 1.165) is 50.0 Å². The van der Waals surface area contributed by atoms with Gasteiger partial charge in [0.05, 0.1) is 53.1 Å². The van der Waals surface area contributed by atoms with Crippen LogP contribution in [0.1, 0.15) is 53.3 Å². The molecule has 2 saturated carbocycles. The number of hydrogen-bond acceptors (Lipinski definition) is 10. The maximum atomic E-state index is 13.6. The summed E-state index contributed by atoms with van der Waals surface area (Å²) < 4.78 is 39.4. The molecule has 2 unspecified atom stereocenters. The van der Waals surface area contributed by atoms with Crippen molar-refractivity contribution in [2.24, 2.45) is 29.6 Å². The molecule has 2 aromatic carbocycles. The fourth-order valence-corrected chi connectivity index (χ4v) is 9.49. The minimum absolute atomic E-state index is 0.0707. The molecule has 0 amide bonds. The number of nitrogens with one attached hydrogen (secondary N) is 1. The molecule has 11 nitrogen and oxygen atoms in total. The Hall–Kier alpha value is -3.96. The molecule has 0 spiro atoms. The molecular weight excluding hydrogens is 616 g/mol. The molecule has 258 valence electrons. The van der Waals surface area contributed by atoms with Gasteiger partial charge in [-0.25, -0.2) is 4.79 Å². The second-order valence-electron chi connectivity index (χ2n) is 13.7. The van der Waals surface area contributed by atoms with Gasteiger partial charge in [-0.2, -0.15) is 0 Å². The van der Waals surface area contributed by atoms with Gasteiger partial charge in [-0.05, 0) is 85.6 Å². The Morgan fingerprint density at radius 3 is 2.27 bits per heavy atom. The molecular formula is C37H46N2O9. The van der Waals surface area contributed by atoms with Crippen LogP contribution in [0.3, 0.4) is 0 Å². The van der Waals surface area contributed by atoms with Crippen LogP contribution in [0.5, 0.6) is 23.0 Å². The van der Waals surface area contributed by atoms with Crippen LogP contribution < -0.4 is 18.9 Å². The lowest BCUT2D eigenvalue weighted by Crippen LogP contribution is -2.57. The monoisotopic (exact) mass is 662 g/mol. The van der Waals surface area contributed by atoms with Gasteiger partial charge in [0, 0.05) is 42.9 Å². The predicted octanol–water partition coefficient (Wildman–Crippen LogP) is 5.20. The third-order valence-corrected chi connectivity index (χ3v) is 11.6. The number of hydrogen-bond donors (Lipinski definition) is 1. The lowest BCUT2D eigenvalue weighted by atomic mass is 9.56. The van der Waals surface area contributed by atoms with Gasteiger partial charge >= 0.3 is 11.9 Å².